The molecule has 1 aromatic carbocycles. The summed E-state index contributed by atoms with van der Waals surface area (Å²) >= 11 is 5.89. The Morgan fingerprint density at radius 2 is 2.35 bits per heavy atom. The second kappa shape index (κ2) is 5.01. The number of hydrogen-bond donors (Lipinski definition) is 0. The van der Waals surface area contributed by atoms with E-state index in [1.54, 1.807) is 24.3 Å². The summed E-state index contributed by atoms with van der Waals surface area (Å²) in [5.74, 6) is 0. The van der Waals surface area contributed by atoms with Gasteiger partial charge in [0.1, 0.15) is 6.33 Å². The van der Waals surface area contributed by atoms with E-state index in [9.17, 15) is 4.79 Å². The first-order valence-corrected chi connectivity index (χ1v) is 5.52. The predicted octanol–water partition coefficient (Wildman–Crippen LogP) is 2.64. The quantitative estimate of drug-likeness (QED) is 0.821. The minimum absolute atomic E-state index is 0.123. The molecule has 0 saturated carbocycles. The molecule has 2 rings (SSSR count). The SMILES string of the molecule is CN(Cc1cccc(Cl)c1)C(=O)n1ccnc1. The average molecular weight is 250 g/mol. The van der Waals surface area contributed by atoms with Crippen LogP contribution in [-0.4, -0.2) is 27.5 Å². The van der Waals surface area contributed by atoms with Crippen molar-refractivity contribution in [2.24, 2.45) is 0 Å². The fourth-order valence-electron chi connectivity index (χ4n) is 1.55. The van der Waals surface area contributed by atoms with Gasteiger partial charge in [-0.3, -0.25) is 4.57 Å². The van der Waals surface area contributed by atoms with Gasteiger partial charge in [-0.05, 0) is 17.7 Å². The molecule has 17 heavy (non-hydrogen) atoms. The van der Waals surface area contributed by atoms with Crippen LogP contribution < -0.4 is 0 Å². The Labute approximate surface area is 104 Å². The summed E-state index contributed by atoms with van der Waals surface area (Å²) < 4.78 is 1.44. The van der Waals surface area contributed by atoms with Crippen LogP contribution in [-0.2, 0) is 6.54 Å². The van der Waals surface area contributed by atoms with Crippen LogP contribution in [0.1, 0.15) is 5.56 Å². The Balaban J connectivity index is 2.07. The minimum Gasteiger partial charge on any atom is -0.323 e. The molecule has 1 heterocycles. The van der Waals surface area contributed by atoms with Gasteiger partial charge in [0.25, 0.3) is 0 Å². The van der Waals surface area contributed by atoms with Gasteiger partial charge in [0.15, 0.2) is 0 Å². The first-order valence-electron chi connectivity index (χ1n) is 5.14. The van der Waals surface area contributed by atoms with Gasteiger partial charge in [0.2, 0.25) is 0 Å². The molecule has 0 atom stereocenters. The maximum Gasteiger partial charge on any atom is 0.329 e. The van der Waals surface area contributed by atoms with Gasteiger partial charge in [0.05, 0.1) is 0 Å². The maximum atomic E-state index is 11.9. The predicted molar refractivity (Wildman–Crippen MR) is 65.9 cm³/mol. The Kier molecular flexibility index (Phi) is 3.44. The van der Waals surface area contributed by atoms with E-state index < -0.39 is 0 Å². The zero-order valence-electron chi connectivity index (χ0n) is 9.38. The number of rotatable bonds is 2. The summed E-state index contributed by atoms with van der Waals surface area (Å²) in [6.45, 7) is 0.511. The van der Waals surface area contributed by atoms with Crippen molar-refractivity contribution in [3.63, 3.8) is 0 Å². The number of benzene rings is 1. The summed E-state index contributed by atoms with van der Waals surface area (Å²) in [4.78, 5) is 17.4. The molecule has 0 unspecified atom stereocenters. The van der Waals surface area contributed by atoms with E-state index in [-0.39, 0.29) is 6.03 Å². The lowest BCUT2D eigenvalue weighted by atomic mass is 10.2. The highest BCUT2D eigenvalue weighted by molar-refractivity contribution is 6.30. The van der Waals surface area contributed by atoms with Crippen molar-refractivity contribution in [3.05, 3.63) is 53.6 Å². The first-order chi connectivity index (χ1) is 8.16. The maximum absolute atomic E-state index is 11.9. The lowest BCUT2D eigenvalue weighted by molar-refractivity contribution is 0.208. The molecular formula is C12H12ClN3O. The van der Waals surface area contributed by atoms with Gasteiger partial charge in [-0.1, -0.05) is 23.7 Å². The molecule has 0 N–H and O–H groups in total. The van der Waals surface area contributed by atoms with E-state index >= 15 is 0 Å². The molecule has 5 heteroatoms. The van der Waals surface area contributed by atoms with Gasteiger partial charge < -0.3 is 4.90 Å². The van der Waals surface area contributed by atoms with E-state index in [0.29, 0.717) is 11.6 Å². The summed E-state index contributed by atoms with van der Waals surface area (Å²) in [5.41, 5.74) is 0.994. The largest absolute Gasteiger partial charge is 0.329 e. The molecular weight excluding hydrogens is 238 g/mol. The summed E-state index contributed by atoms with van der Waals surface area (Å²) in [6, 6.07) is 7.33. The highest BCUT2D eigenvalue weighted by Gasteiger charge is 2.10. The van der Waals surface area contributed by atoms with E-state index in [0.717, 1.165) is 5.56 Å². The van der Waals surface area contributed by atoms with Crippen LogP contribution in [0.15, 0.2) is 43.0 Å². The zero-order valence-corrected chi connectivity index (χ0v) is 10.1. The highest BCUT2D eigenvalue weighted by Crippen LogP contribution is 2.12. The number of amides is 1. The van der Waals surface area contributed by atoms with Crippen molar-refractivity contribution >= 4 is 17.6 Å². The van der Waals surface area contributed by atoms with Crippen molar-refractivity contribution in [1.29, 1.82) is 0 Å². The molecule has 0 bridgehead atoms. The Bertz CT molecular complexity index is 510. The van der Waals surface area contributed by atoms with E-state index in [4.69, 9.17) is 11.6 Å². The monoisotopic (exact) mass is 249 g/mol. The van der Waals surface area contributed by atoms with E-state index in [1.807, 2.05) is 24.3 Å². The fourth-order valence-corrected chi connectivity index (χ4v) is 1.76. The van der Waals surface area contributed by atoms with Crippen LogP contribution in [0.4, 0.5) is 4.79 Å². The second-order valence-electron chi connectivity index (χ2n) is 3.74. The van der Waals surface area contributed by atoms with Crippen LogP contribution in [0, 0.1) is 0 Å². The first kappa shape index (κ1) is 11.7. The Morgan fingerprint density at radius 3 is 3.00 bits per heavy atom. The molecule has 0 fully saturated rings. The lowest BCUT2D eigenvalue weighted by Crippen LogP contribution is -2.29. The molecule has 0 saturated heterocycles. The third-order valence-electron chi connectivity index (χ3n) is 2.36. The molecule has 1 aromatic heterocycles. The molecule has 0 aliphatic carbocycles. The number of nitrogens with zero attached hydrogens (tertiary/aromatic N) is 3. The van der Waals surface area contributed by atoms with E-state index in [1.165, 1.54) is 10.9 Å². The van der Waals surface area contributed by atoms with Gasteiger partial charge in [-0.25, -0.2) is 9.78 Å². The number of imidazole rings is 1. The van der Waals surface area contributed by atoms with Gasteiger partial charge in [-0.15, -0.1) is 0 Å². The molecule has 0 radical (unpaired) electrons. The van der Waals surface area contributed by atoms with Gasteiger partial charge >= 0.3 is 6.03 Å². The molecule has 1 amide bonds. The number of halogens is 1. The molecule has 0 aliphatic rings. The van der Waals surface area contributed by atoms with Crippen molar-refractivity contribution in [3.8, 4) is 0 Å². The lowest BCUT2D eigenvalue weighted by Gasteiger charge is -2.17. The van der Waals surface area contributed by atoms with Crippen LogP contribution in [0.25, 0.3) is 0 Å². The highest BCUT2D eigenvalue weighted by atomic mass is 35.5. The number of aromatic nitrogens is 2. The minimum atomic E-state index is -0.123. The van der Waals surface area contributed by atoms with E-state index in [2.05, 4.69) is 4.98 Å². The van der Waals surface area contributed by atoms with Crippen molar-refractivity contribution in [1.82, 2.24) is 14.5 Å². The van der Waals surface area contributed by atoms with Crippen LogP contribution in [0.3, 0.4) is 0 Å². The Hall–Kier alpha value is -1.81. The van der Waals surface area contributed by atoms with Crippen molar-refractivity contribution < 1.29 is 4.79 Å². The number of carbonyl (C=O) groups is 1. The normalized spacial score (nSPS) is 10.2. The molecule has 0 spiro atoms. The third kappa shape index (κ3) is 2.85. The van der Waals surface area contributed by atoms with Gasteiger partial charge in [0, 0.05) is 31.0 Å². The topological polar surface area (TPSA) is 38.1 Å². The molecule has 2 aromatic rings. The van der Waals surface area contributed by atoms with Crippen LogP contribution >= 0.6 is 11.6 Å². The molecule has 4 nitrogen and oxygen atoms in total. The third-order valence-corrected chi connectivity index (χ3v) is 2.60. The average Bonchev–Trinajstić information content (AvgIpc) is 2.81. The van der Waals surface area contributed by atoms with Gasteiger partial charge in [-0.2, -0.15) is 0 Å². The summed E-state index contributed by atoms with van der Waals surface area (Å²) in [5, 5.41) is 0.672. The summed E-state index contributed by atoms with van der Waals surface area (Å²) in [6.07, 6.45) is 4.68. The smallest absolute Gasteiger partial charge is 0.323 e. The standard InChI is InChI=1S/C12H12ClN3O/c1-15(12(17)16-6-5-14-9-16)8-10-3-2-4-11(13)7-10/h2-7,9H,8H2,1H3. The fraction of sp³-hybridized carbons (Fsp3) is 0.167. The zero-order chi connectivity index (χ0) is 12.3. The van der Waals surface area contributed by atoms with Crippen LogP contribution in [0.5, 0.6) is 0 Å². The molecule has 0 aliphatic heterocycles. The van der Waals surface area contributed by atoms with Crippen molar-refractivity contribution in [2.75, 3.05) is 7.05 Å². The number of carbonyl (C=O) groups excluding carboxylic acids is 1. The second-order valence-corrected chi connectivity index (χ2v) is 4.17. The molecule has 88 valence electrons. The summed E-state index contributed by atoms with van der Waals surface area (Å²) in [7, 11) is 1.74. The Morgan fingerprint density at radius 1 is 1.53 bits per heavy atom. The number of hydrogen-bond acceptors (Lipinski definition) is 2. The van der Waals surface area contributed by atoms with Crippen molar-refractivity contribution in [2.45, 2.75) is 6.54 Å². The van der Waals surface area contributed by atoms with Crippen LogP contribution in [0.2, 0.25) is 5.02 Å².